The number of nitrogens with zero attached hydrogens (tertiary/aromatic N) is 2. The first-order valence-corrected chi connectivity index (χ1v) is 60.9. The predicted molar refractivity (Wildman–Crippen MR) is 578 cm³/mol. The molecule has 0 saturated carbocycles. The molecule has 11 unspecified atom stereocenters. The number of carbonyl (C=O) groups excluding carboxylic acids is 9. The highest BCUT2D eigenvalue weighted by Crippen LogP contribution is 2.48. The highest BCUT2D eigenvalue weighted by molar-refractivity contribution is 8.44. The van der Waals surface area contributed by atoms with Crippen LogP contribution >= 0.6 is 26.9 Å². The average Bonchev–Trinajstić information content (AvgIpc) is 1.26. The molecule has 0 bridgehead atoms. The third-order valence-corrected chi connectivity index (χ3v) is 29.1. The van der Waals surface area contributed by atoms with Crippen LogP contribution < -0.4 is 42.5 Å². The number of thiol groups is 1. The second-order valence-corrected chi connectivity index (χ2v) is 44.9. The van der Waals surface area contributed by atoms with Crippen LogP contribution in [0.25, 0.3) is 0 Å². The molecule has 4 aliphatic heterocycles. The summed E-state index contributed by atoms with van der Waals surface area (Å²) in [5.74, 6) is -3.26. The molecule has 9 amide bonds. The number of amides is 9. The fourth-order valence-electron chi connectivity index (χ4n) is 18.6. The van der Waals surface area contributed by atoms with E-state index < -0.39 is 137 Å². The summed E-state index contributed by atoms with van der Waals surface area (Å²) in [4.78, 5) is 140. The quantitative estimate of drug-likeness (QED) is 0.0116. The van der Waals surface area contributed by atoms with Crippen molar-refractivity contribution in [2.24, 2.45) is 0 Å². The van der Waals surface area contributed by atoms with E-state index in [2.05, 4.69) is 129 Å². The average molecular weight is 2180 g/mol. The normalized spacial score (nSPS) is 21.7. The Morgan fingerprint density at radius 2 is 0.953 bits per heavy atom. The number of hydrogen-bond donors (Lipinski definition) is 17. The van der Waals surface area contributed by atoms with Crippen LogP contribution in [0.15, 0.2) is 48.6 Å². The minimum Gasteiger partial charge on any atom is -0.394 e. The summed E-state index contributed by atoms with van der Waals surface area (Å²) < 4.78 is 77.6. The van der Waals surface area contributed by atoms with Crippen LogP contribution in [-0.2, 0) is 94.3 Å². The summed E-state index contributed by atoms with van der Waals surface area (Å²) >= 11 is 3.55. The van der Waals surface area contributed by atoms with E-state index in [1.165, 1.54) is 134 Å². The van der Waals surface area contributed by atoms with Gasteiger partial charge in [-0.1, -0.05) is 177 Å². The van der Waals surface area contributed by atoms with Gasteiger partial charge < -0.3 is 126 Å². The van der Waals surface area contributed by atoms with E-state index in [4.69, 9.17) is 42.0 Å². The Morgan fingerprint density at radius 3 is 1.48 bits per heavy atom. The number of likely N-dealkylation sites (tertiary alicyclic amines) is 1. The van der Waals surface area contributed by atoms with E-state index >= 15 is 0 Å². The SMILES string of the molecule is CCCCC/C=C\C/C=C\CCCCCCCCC1(CCCCCCCC/C=C\C/C=C\CCCCC)OCC(CCN(C)CCCCCC(=O)NCCCCCC(=O)NCC(CCCOP(=O)(O)S)OP(=O)(O)OC[C@@H]2CC(O)CN2C(=O)CCCCCNC(=O)CCCCCNC(=O)C(CCCCNC(=O)CCCCO[C@@H]2OC(CO)C(O)[C@H](O)C2NC(C)=O)NC(=O)CCCCOC2OC(CO)C[C@H](O)[C@@H]2NC(C)=O)O1. The lowest BCUT2D eigenvalue weighted by Gasteiger charge is -2.42. The zero-order valence-electron chi connectivity index (χ0n) is 90.9. The molecule has 0 aromatic heterocycles. The minimum absolute atomic E-state index is 0.00637. The van der Waals surface area contributed by atoms with Crippen molar-refractivity contribution in [2.45, 2.75) is 479 Å². The van der Waals surface area contributed by atoms with Gasteiger partial charge in [-0.15, -0.1) is 0 Å². The maximum absolute atomic E-state index is 13.7. The molecule has 149 heavy (non-hydrogen) atoms. The van der Waals surface area contributed by atoms with Gasteiger partial charge in [0.15, 0.2) is 18.4 Å². The number of phosphoric ester groups is 1. The monoisotopic (exact) mass is 2180 g/mol. The number of phosphoric acid groups is 1. The first-order chi connectivity index (χ1) is 71.8. The smallest absolute Gasteiger partial charge is 0.394 e. The van der Waals surface area contributed by atoms with Crippen molar-refractivity contribution in [3.8, 4) is 0 Å². The summed E-state index contributed by atoms with van der Waals surface area (Å²) in [6, 6.07) is -3.65. The number of nitrogens with one attached hydrogen (secondary N) is 8. The number of rotatable bonds is 92. The fraction of sp³-hybridized carbons (Fsp3) is 0.843. The number of allylic oxidation sites excluding steroid dienone is 8. The number of ether oxygens (including phenoxy) is 6. The topological polar surface area (TPSA) is 535 Å². The van der Waals surface area contributed by atoms with Crippen LogP contribution in [0.1, 0.15) is 387 Å². The molecular formula is C108H196N10O28P2S. The summed E-state index contributed by atoms with van der Waals surface area (Å²) in [6.07, 6.45) is 52.5. The van der Waals surface area contributed by atoms with Crippen molar-refractivity contribution in [3.63, 3.8) is 0 Å². The van der Waals surface area contributed by atoms with Crippen LogP contribution in [0, 0.1) is 0 Å². The van der Waals surface area contributed by atoms with Gasteiger partial charge in [0.2, 0.25) is 53.2 Å². The number of aliphatic hydroxyl groups excluding tert-OH is 6. The molecule has 0 aromatic rings. The van der Waals surface area contributed by atoms with Gasteiger partial charge in [-0.25, -0.2) is 9.13 Å². The number of hydrogen-bond acceptors (Lipinski definition) is 27. The second kappa shape index (κ2) is 84.5. The van der Waals surface area contributed by atoms with Crippen molar-refractivity contribution in [1.29, 1.82) is 0 Å². The lowest BCUT2D eigenvalue weighted by atomic mass is 9.97. The molecule has 41 heteroatoms. The van der Waals surface area contributed by atoms with Gasteiger partial charge in [0.05, 0.1) is 69.6 Å². The maximum Gasteiger partial charge on any atom is 0.472 e. The highest BCUT2D eigenvalue weighted by Gasteiger charge is 2.47. The molecule has 16 atom stereocenters. The fourth-order valence-corrected chi connectivity index (χ4v) is 20.1. The van der Waals surface area contributed by atoms with Crippen molar-refractivity contribution < 1.29 is 135 Å². The van der Waals surface area contributed by atoms with Gasteiger partial charge in [-0.2, -0.15) is 0 Å². The summed E-state index contributed by atoms with van der Waals surface area (Å²) in [5.41, 5.74) is 0. The van der Waals surface area contributed by atoms with Gasteiger partial charge >= 0.3 is 14.6 Å². The van der Waals surface area contributed by atoms with Gasteiger partial charge in [-0.3, -0.25) is 52.2 Å². The standard InChI is InChI=1S/C108H196N10O28P2S/c1-6-8-10-12-14-16-18-20-22-24-26-28-30-32-34-47-66-108(67-48-35-33-31-29-27-25-23-21-19-17-15-13-11-9-7-2)140-84-90(145-108)65-73-117(5)72-53-39-42-60-96(126)109-68-49-36-41-61-98(128)113-79-89(57-56-76-141-148(136,137)149)146-147(134,135)142-83-87-77-88(123)80-118(87)100(130)64-43-38-50-69-110-95(125)59-40-37-51-71-112-105(133)92(116-99(129)63-46-55-74-138-106-101(114-85(3)121)93(124)78-91(81-119)143-106)58-44-52-70-111-97(127)62-45-54-75-139-107-102(115-86(4)122)104(132)103(131)94(82-120)144-107/h14-17,20-23,87-94,101-104,106-107,119-120,123-124,131-132H,6-13,18-19,24-84H2,1-5H3,(H,109,126)(H,110,125)(H,111,127)(H,112,133)(H,113,128)(H,114,121)(H,115,122)(H,116,129)(H,134,135)(H2,136,137,149)/b16-14-,17-15-,22-20-,23-21-/t87-,88?,89?,90?,91?,92?,93-,94?,101-,102?,103?,104+,106?,107+/m0/s1. The van der Waals surface area contributed by atoms with E-state index in [0.717, 1.165) is 90.1 Å². The maximum atomic E-state index is 13.7. The van der Waals surface area contributed by atoms with Gasteiger partial charge in [0.25, 0.3) is 0 Å². The first-order valence-electron chi connectivity index (χ1n) is 56.7. The molecular weight excluding hydrogens is 1980 g/mol. The summed E-state index contributed by atoms with van der Waals surface area (Å²) in [5, 5.41) is 83.7. The molecule has 4 aliphatic rings. The lowest BCUT2D eigenvalue weighted by Crippen LogP contribution is -2.64. The first kappa shape index (κ1) is 136. The van der Waals surface area contributed by atoms with Gasteiger partial charge in [0.1, 0.15) is 36.4 Å². The Kier molecular flexibility index (Phi) is 76.9. The molecule has 4 saturated heterocycles. The van der Waals surface area contributed by atoms with Gasteiger partial charge in [0, 0.05) is 131 Å². The number of β-amino-alcohol motifs (C(OH)–C–C–N with tert-alkyl or cyclic N) is 1. The zero-order valence-corrected chi connectivity index (χ0v) is 93.6. The molecule has 38 nitrogen and oxygen atoms in total. The molecule has 0 spiro atoms. The van der Waals surface area contributed by atoms with E-state index in [-0.39, 0.29) is 152 Å². The third kappa shape index (κ3) is 67.8. The molecule has 862 valence electrons. The molecule has 4 fully saturated rings. The molecule has 4 rings (SSSR count). The molecule has 0 aliphatic carbocycles. The van der Waals surface area contributed by atoms with Crippen molar-refractivity contribution in [3.05, 3.63) is 48.6 Å². The lowest BCUT2D eigenvalue weighted by molar-refractivity contribution is -0.270. The molecule has 16 N–H and O–H groups in total. The van der Waals surface area contributed by atoms with Crippen LogP contribution in [0.4, 0.5) is 0 Å². The Bertz CT molecular complexity index is 3780. The van der Waals surface area contributed by atoms with Crippen LogP contribution in [0.5, 0.6) is 0 Å². The van der Waals surface area contributed by atoms with Crippen molar-refractivity contribution in [1.82, 2.24) is 52.3 Å². The van der Waals surface area contributed by atoms with Crippen LogP contribution in [-0.4, -0.2) is 300 Å². The molecule has 4 heterocycles. The van der Waals surface area contributed by atoms with Crippen LogP contribution in [0.3, 0.4) is 0 Å². The summed E-state index contributed by atoms with van der Waals surface area (Å²) in [7, 11) is -2.73. The van der Waals surface area contributed by atoms with E-state index in [0.29, 0.717) is 122 Å². The Morgan fingerprint density at radius 1 is 0.483 bits per heavy atom. The zero-order chi connectivity index (χ0) is 109. The second-order valence-electron chi connectivity index (χ2n) is 40.7. The predicted octanol–water partition coefficient (Wildman–Crippen LogP) is 13.9. The van der Waals surface area contributed by atoms with Crippen LogP contribution in [0.2, 0.25) is 0 Å². The molecule has 0 aromatic carbocycles. The van der Waals surface area contributed by atoms with E-state index in [1.807, 2.05) is 0 Å². The largest absolute Gasteiger partial charge is 0.472 e. The van der Waals surface area contributed by atoms with E-state index in [1.54, 1.807) is 0 Å². The minimum atomic E-state index is -4.89. The number of carbonyl (C=O) groups is 9. The van der Waals surface area contributed by atoms with Gasteiger partial charge in [-0.05, 0) is 213 Å². The summed E-state index contributed by atoms with van der Waals surface area (Å²) in [6.45, 7) is 4.99. The van der Waals surface area contributed by atoms with Crippen molar-refractivity contribution in [2.75, 3.05) is 106 Å². The third-order valence-electron chi connectivity index (χ3n) is 27.2. The van der Waals surface area contributed by atoms with Crippen molar-refractivity contribution >= 4 is 80.0 Å². The molecule has 0 radical (unpaired) electrons. The number of aliphatic hydroxyl groups is 6. The van der Waals surface area contributed by atoms with E-state index in [9.17, 15) is 92.7 Å². The Hall–Kier alpha value is -5.72. The highest BCUT2D eigenvalue weighted by atomic mass is 32.7. The Labute approximate surface area is 895 Å². The number of unbranched alkanes of at least 4 members (excludes halogenated alkanes) is 29. The Balaban J connectivity index is 1.10.